The van der Waals surface area contributed by atoms with Crippen molar-refractivity contribution in [2.45, 2.75) is 90.9 Å². The minimum Gasteiger partial charge on any atom is -0.327 e. The third kappa shape index (κ3) is 11.4. The first kappa shape index (κ1) is 23.9. The first-order valence-electron chi connectivity index (χ1n) is 11.7. The molecule has 0 aliphatic carbocycles. The zero-order valence-corrected chi connectivity index (χ0v) is 18.3. The van der Waals surface area contributed by atoms with Crippen LogP contribution in [0.1, 0.15) is 90.9 Å². The fourth-order valence-electron chi connectivity index (χ4n) is 3.85. The maximum absolute atomic E-state index is 5.76. The molecule has 1 heterocycles. The van der Waals surface area contributed by atoms with Gasteiger partial charge in [-0.15, -0.1) is 0 Å². The van der Waals surface area contributed by atoms with Crippen molar-refractivity contribution < 1.29 is 4.58 Å². The molecule has 0 aromatic heterocycles. The van der Waals surface area contributed by atoms with E-state index in [1.807, 2.05) is 0 Å². The van der Waals surface area contributed by atoms with Gasteiger partial charge < -0.3 is 5.73 Å². The fourth-order valence-corrected chi connectivity index (χ4v) is 3.85. The Morgan fingerprint density at radius 3 is 2.22 bits per heavy atom. The molecular formula is C24H46N3+. The standard InChI is InChI=1S/C24H46N3/c1-3-5-6-7-8-9-10-11-12-13-14-15-16-17-18-19-24-26(4-2)22-23-27(24)21-20-25/h8-9,11-12H,3-7,10,13-23,25H2,1-2H3/q+1. The molecule has 1 rings (SSSR count). The molecule has 0 amide bonds. The number of nitrogens with two attached hydrogens (primary N) is 1. The number of likely N-dealkylation sites (N-methyl/N-ethyl adjacent to an activating group) is 1. The Morgan fingerprint density at radius 2 is 1.56 bits per heavy atom. The summed E-state index contributed by atoms with van der Waals surface area (Å²) in [5.74, 6) is 1.55. The number of amidine groups is 1. The van der Waals surface area contributed by atoms with Crippen LogP contribution in [0.25, 0.3) is 0 Å². The van der Waals surface area contributed by atoms with Gasteiger partial charge >= 0.3 is 0 Å². The maximum Gasteiger partial charge on any atom is 0.247 e. The zero-order valence-electron chi connectivity index (χ0n) is 18.3. The highest BCUT2D eigenvalue weighted by Gasteiger charge is 2.27. The van der Waals surface area contributed by atoms with Crippen LogP contribution in [0.5, 0.6) is 0 Å². The van der Waals surface area contributed by atoms with Crippen LogP contribution in [0, 0.1) is 0 Å². The highest BCUT2D eigenvalue weighted by molar-refractivity contribution is 5.78. The Kier molecular flexibility index (Phi) is 15.1. The lowest BCUT2D eigenvalue weighted by molar-refractivity contribution is -0.516. The lowest BCUT2D eigenvalue weighted by atomic mass is 10.1. The summed E-state index contributed by atoms with van der Waals surface area (Å²) in [6.45, 7) is 9.80. The van der Waals surface area contributed by atoms with E-state index in [2.05, 4.69) is 47.6 Å². The van der Waals surface area contributed by atoms with Crippen LogP contribution in [-0.2, 0) is 0 Å². The number of allylic oxidation sites excluding steroid dienone is 4. The van der Waals surface area contributed by atoms with Crippen molar-refractivity contribution in [2.24, 2.45) is 5.73 Å². The van der Waals surface area contributed by atoms with Crippen LogP contribution in [0.2, 0.25) is 0 Å². The molecule has 1 aliphatic rings. The smallest absolute Gasteiger partial charge is 0.247 e. The monoisotopic (exact) mass is 376 g/mol. The molecule has 0 fully saturated rings. The molecule has 0 saturated carbocycles. The second-order valence-corrected chi connectivity index (χ2v) is 7.75. The molecule has 27 heavy (non-hydrogen) atoms. The second-order valence-electron chi connectivity index (χ2n) is 7.75. The number of rotatable bonds is 17. The SMILES string of the molecule is CCCCCC=CCC=CCCCCCCCC1=[N+](CCN)CCN1CC. The number of hydrogen-bond acceptors (Lipinski definition) is 2. The van der Waals surface area contributed by atoms with Crippen molar-refractivity contribution in [3.05, 3.63) is 24.3 Å². The highest BCUT2D eigenvalue weighted by Crippen LogP contribution is 2.12. The van der Waals surface area contributed by atoms with Crippen LogP contribution in [0.4, 0.5) is 0 Å². The summed E-state index contributed by atoms with van der Waals surface area (Å²) in [4.78, 5) is 2.54. The van der Waals surface area contributed by atoms with Crippen molar-refractivity contribution >= 4 is 5.84 Å². The number of unbranched alkanes of at least 4 members (excludes halogenated alkanes) is 8. The topological polar surface area (TPSA) is 32.3 Å². The summed E-state index contributed by atoms with van der Waals surface area (Å²) in [6.07, 6.45) is 25.0. The molecule has 0 saturated heterocycles. The molecule has 0 spiro atoms. The maximum atomic E-state index is 5.76. The van der Waals surface area contributed by atoms with Gasteiger partial charge in [-0.25, -0.2) is 0 Å². The molecule has 3 nitrogen and oxygen atoms in total. The van der Waals surface area contributed by atoms with Gasteiger partial charge in [0, 0.05) is 13.0 Å². The van der Waals surface area contributed by atoms with Crippen molar-refractivity contribution in [3.63, 3.8) is 0 Å². The van der Waals surface area contributed by atoms with Gasteiger partial charge in [0.15, 0.2) is 0 Å². The van der Waals surface area contributed by atoms with Crippen molar-refractivity contribution in [2.75, 3.05) is 32.7 Å². The van der Waals surface area contributed by atoms with E-state index in [-0.39, 0.29) is 0 Å². The Bertz CT molecular complexity index is 437. The van der Waals surface area contributed by atoms with E-state index in [4.69, 9.17) is 5.73 Å². The third-order valence-corrected chi connectivity index (χ3v) is 5.50. The first-order chi connectivity index (χ1) is 13.3. The van der Waals surface area contributed by atoms with Gasteiger partial charge in [0.1, 0.15) is 13.1 Å². The van der Waals surface area contributed by atoms with Crippen LogP contribution in [0.3, 0.4) is 0 Å². The summed E-state index contributed by atoms with van der Waals surface area (Å²) in [6, 6.07) is 0. The van der Waals surface area contributed by atoms with E-state index in [9.17, 15) is 0 Å². The Morgan fingerprint density at radius 1 is 0.889 bits per heavy atom. The molecular weight excluding hydrogens is 330 g/mol. The highest BCUT2D eigenvalue weighted by atomic mass is 15.3. The van der Waals surface area contributed by atoms with Crippen LogP contribution < -0.4 is 5.73 Å². The second kappa shape index (κ2) is 17.0. The minimum absolute atomic E-state index is 0.767. The molecule has 156 valence electrons. The van der Waals surface area contributed by atoms with E-state index in [0.29, 0.717) is 0 Å². The Labute approximate surface area is 169 Å². The van der Waals surface area contributed by atoms with Crippen molar-refractivity contribution in [3.8, 4) is 0 Å². The summed E-state index contributed by atoms with van der Waals surface area (Å²) in [5.41, 5.74) is 5.76. The molecule has 1 aliphatic heterocycles. The molecule has 3 heteroatoms. The van der Waals surface area contributed by atoms with Gasteiger partial charge in [0.2, 0.25) is 5.84 Å². The van der Waals surface area contributed by atoms with Crippen molar-refractivity contribution in [1.29, 1.82) is 0 Å². The quantitative estimate of drug-likeness (QED) is 0.206. The fraction of sp³-hybridized carbons (Fsp3) is 0.792. The normalized spacial score (nSPS) is 15.1. The molecule has 2 N–H and O–H groups in total. The lowest BCUT2D eigenvalue weighted by Crippen LogP contribution is -2.30. The van der Waals surface area contributed by atoms with Gasteiger partial charge in [-0.2, -0.15) is 0 Å². The largest absolute Gasteiger partial charge is 0.327 e. The Hall–Kier alpha value is -1.09. The summed E-state index contributed by atoms with van der Waals surface area (Å²) in [7, 11) is 0. The summed E-state index contributed by atoms with van der Waals surface area (Å²) in [5, 5.41) is 0. The van der Waals surface area contributed by atoms with Gasteiger partial charge in [-0.3, -0.25) is 9.48 Å². The van der Waals surface area contributed by atoms with E-state index < -0.39 is 0 Å². The van der Waals surface area contributed by atoms with E-state index in [1.165, 1.54) is 83.7 Å². The predicted octanol–water partition coefficient (Wildman–Crippen LogP) is 5.51. The number of nitrogens with zero attached hydrogens (tertiary/aromatic N) is 2. The van der Waals surface area contributed by atoms with E-state index in [1.54, 1.807) is 5.84 Å². The van der Waals surface area contributed by atoms with Gasteiger partial charge in [-0.05, 0) is 45.4 Å². The molecule has 0 aromatic carbocycles. The predicted molar refractivity (Wildman–Crippen MR) is 121 cm³/mol. The van der Waals surface area contributed by atoms with Gasteiger partial charge in [-0.1, -0.05) is 63.3 Å². The van der Waals surface area contributed by atoms with Gasteiger partial charge in [0.25, 0.3) is 0 Å². The average Bonchev–Trinajstić information content (AvgIpc) is 3.07. The minimum atomic E-state index is 0.767. The molecule has 0 atom stereocenters. The molecule has 0 unspecified atom stereocenters. The average molecular weight is 377 g/mol. The number of hydrogen-bond donors (Lipinski definition) is 1. The van der Waals surface area contributed by atoms with Gasteiger partial charge in [0.05, 0.1) is 13.1 Å². The molecule has 0 bridgehead atoms. The lowest BCUT2D eigenvalue weighted by Gasteiger charge is -2.11. The van der Waals surface area contributed by atoms with E-state index in [0.717, 1.165) is 26.1 Å². The van der Waals surface area contributed by atoms with Crippen LogP contribution in [-0.4, -0.2) is 48.0 Å². The zero-order chi connectivity index (χ0) is 19.6. The third-order valence-electron chi connectivity index (χ3n) is 5.50. The van der Waals surface area contributed by atoms with E-state index >= 15 is 0 Å². The summed E-state index contributed by atoms with van der Waals surface area (Å²) < 4.78 is 2.51. The summed E-state index contributed by atoms with van der Waals surface area (Å²) >= 11 is 0. The Balaban J connectivity index is 1.99. The molecule has 0 aromatic rings. The van der Waals surface area contributed by atoms with Crippen molar-refractivity contribution in [1.82, 2.24) is 4.90 Å². The molecule has 0 radical (unpaired) electrons. The van der Waals surface area contributed by atoms with Crippen LogP contribution >= 0.6 is 0 Å². The van der Waals surface area contributed by atoms with Crippen LogP contribution in [0.15, 0.2) is 24.3 Å². The first-order valence-corrected chi connectivity index (χ1v) is 11.7.